The summed E-state index contributed by atoms with van der Waals surface area (Å²) in [6, 6.07) is 8.66. The van der Waals surface area contributed by atoms with Crippen LogP contribution in [0.3, 0.4) is 0 Å². The second kappa shape index (κ2) is 7.65. The van der Waals surface area contributed by atoms with Crippen LogP contribution >= 0.6 is 11.3 Å². The Labute approximate surface area is 153 Å². The average Bonchev–Trinajstić information content (AvgIpc) is 2.91. The zero-order chi connectivity index (χ0) is 18.7. The van der Waals surface area contributed by atoms with Gasteiger partial charge in [0.2, 0.25) is 4.80 Å². The van der Waals surface area contributed by atoms with E-state index in [4.69, 9.17) is 4.74 Å². The van der Waals surface area contributed by atoms with E-state index in [9.17, 15) is 17.2 Å². The fourth-order valence-electron chi connectivity index (χ4n) is 2.40. The Hall–Kier alpha value is -2.10. The topological polar surface area (TPSA) is 60.7 Å². The van der Waals surface area contributed by atoms with Crippen LogP contribution in [0.25, 0.3) is 10.2 Å². The normalized spacial score (nSPS) is 12.8. The molecule has 0 aliphatic heterocycles. The second-order valence-corrected chi connectivity index (χ2v) is 7.98. The molecular formula is C17H16F2N2O3S2. The third kappa shape index (κ3) is 4.00. The van der Waals surface area contributed by atoms with Gasteiger partial charge < -0.3 is 9.30 Å². The molecular weight excluding hydrogens is 382 g/mol. The molecule has 0 spiro atoms. The van der Waals surface area contributed by atoms with Gasteiger partial charge >= 0.3 is 0 Å². The van der Waals surface area contributed by atoms with Gasteiger partial charge in [0.15, 0.2) is 0 Å². The van der Waals surface area contributed by atoms with E-state index in [0.29, 0.717) is 30.0 Å². The summed E-state index contributed by atoms with van der Waals surface area (Å²) in [6.45, 7) is 3.12. The number of hydrogen-bond donors (Lipinski definition) is 0. The molecule has 138 valence electrons. The molecule has 0 saturated heterocycles. The lowest BCUT2D eigenvalue weighted by Crippen LogP contribution is -2.19. The minimum atomic E-state index is -4.03. The first-order chi connectivity index (χ1) is 12.4. The third-order valence-corrected chi connectivity index (χ3v) is 6.06. The Morgan fingerprint density at radius 1 is 1.12 bits per heavy atom. The Morgan fingerprint density at radius 2 is 1.81 bits per heavy atom. The molecule has 1 aromatic heterocycles. The number of aromatic nitrogens is 1. The zero-order valence-electron chi connectivity index (χ0n) is 13.9. The largest absolute Gasteiger partial charge is 0.380 e. The Balaban J connectivity index is 2.14. The van der Waals surface area contributed by atoms with Crippen molar-refractivity contribution in [2.75, 3.05) is 13.2 Å². The number of benzene rings is 2. The summed E-state index contributed by atoms with van der Waals surface area (Å²) < 4.78 is 63.1. The van der Waals surface area contributed by atoms with Gasteiger partial charge in [-0.1, -0.05) is 11.3 Å². The molecule has 0 fully saturated rings. The highest BCUT2D eigenvalue weighted by Gasteiger charge is 2.15. The maximum absolute atomic E-state index is 13.5. The molecule has 0 atom stereocenters. The fraction of sp³-hybridized carbons (Fsp3) is 0.235. The lowest BCUT2D eigenvalue weighted by atomic mass is 10.3. The van der Waals surface area contributed by atoms with Crippen molar-refractivity contribution in [2.24, 2.45) is 4.40 Å². The van der Waals surface area contributed by atoms with Crippen LogP contribution in [0.2, 0.25) is 0 Å². The predicted molar refractivity (Wildman–Crippen MR) is 95.4 cm³/mol. The molecule has 0 N–H and O–H groups in total. The van der Waals surface area contributed by atoms with Crippen LogP contribution in [0, 0.1) is 11.6 Å². The standard InChI is InChI=1S/C17H16F2N2O3S2/c1-2-24-10-9-21-15-8-5-13(19)11-16(15)25-17(21)20-26(22,23)14-6-3-12(18)4-7-14/h3-8,11H,2,9-10H2,1H3/b20-17-. The second-order valence-electron chi connectivity index (χ2n) is 5.37. The van der Waals surface area contributed by atoms with Crippen LogP contribution in [0.5, 0.6) is 0 Å². The van der Waals surface area contributed by atoms with Gasteiger partial charge in [0, 0.05) is 13.2 Å². The SMILES string of the molecule is CCOCCn1/c(=N/S(=O)(=O)c2ccc(F)cc2)sc2cc(F)ccc21. The number of fused-ring (bicyclic) bond motifs is 1. The van der Waals surface area contributed by atoms with Gasteiger partial charge in [-0.2, -0.15) is 8.42 Å². The molecule has 0 aliphatic rings. The predicted octanol–water partition coefficient (Wildman–Crippen LogP) is 3.31. The summed E-state index contributed by atoms with van der Waals surface area (Å²) in [5.41, 5.74) is 0.671. The number of hydrogen-bond acceptors (Lipinski definition) is 4. The highest BCUT2D eigenvalue weighted by Crippen LogP contribution is 2.20. The smallest absolute Gasteiger partial charge is 0.285 e. The maximum atomic E-state index is 13.5. The average molecular weight is 398 g/mol. The Kier molecular flexibility index (Phi) is 5.49. The molecule has 5 nitrogen and oxygen atoms in total. The summed E-state index contributed by atoms with van der Waals surface area (Å²) in [6.07, 6.45) is 0. The van der Waals surface area contributed by atoms with Gasteiger partial charge in [-0.3, -0.25) is 0 Å². The van der Waals surface area contributed by atoms with Crippen LogP contribution in [-0.4, -0.2) is 26.2 Å². The van der Waals surface area contributed by atoms with E-state index in [1.807, 2.05) is 6.92 Å². The van der Waals surface area contributed by atoms with Crippen molar-refractivity contribution in [2.45, 2.75) is 18.4 Å². The van der Waals surface area contributed by atoms with E-state index in [0.717, 1.165) is 35.6 Å². The minimum absolute atomic E-state index is 0.112. The van der Waals surface area contributed by atoms with E-state index >= 15 is 0 Å². The van der Waals surface area contributed by atoms with Crippen molar-refractivity contribution < 1.29 is 21.9 Å². The van der Waals surface area contributed by atoms with Crippen LogP contribution in [0.15, 0.2) is 51.8 Å². The van der Waals surface area contributed by atoms with Gasteiger partial charge in [-0.25, -0.2) is 8.78 Å². The molecule has 3 aromatic rings. The van der Waals surface area contributed by atoms with Crippen molar-refractivity contribution in [3.8, 4) is 0 Å². The third-order valence-electron chi connectivity index (χ3n) is 3.62. The van der Waals surface area contributed by atoms with Crippen molar-refractivity contribution in [1.29, 1.82) is 0 Å². The van der Waals surface area contributed by atoms with Gasteiger partial charge in [-0.05, 0) is 49.4 Å². The molecule has 0 bridgehead atoms. The monoisotopic (exact) mass is 398 g/mol. The van der Waals surface area contributed by atoms with E-state index in [1.54, 1.807) is 10.6 Å². The summed E-state index contributed by atoms with van der Waals surface area (Å²) >= 11 is 1.07. The molecule has 3 rings (SSSR count). The van der Waals surface area contributed by atoms with Gasteiger partial charge in [-0.15, -0.1) is 4.40 Å². The fourth-order valence-corrected chi connectivity index (χ4v) is 4.68. The van der Waals surface area contributed by atoms with Gasteiger partial charge in [0.05, 0.1) is 21.7 Å². The summed E-state index contributed by atoms with van der Waals surface area (Å²) in [7, 11) is -4.03. The van der Waals surface area contributed by atoms with Gasteiger partial charge in [0.1, 0.15) is 11.6 Å². The first-order valence-electron chi connectivity index (χ1n) is 7.84. The van der Waals surface area contributed by atoms with Gasteiger partial charge in [0.25, 0.3) is 10.0 Å². The van der Waals surface area contributed by atoms with Crippen molar-refractivity contribution in [3.05, 3.63) is 58.9 Å². The summed E-state index contributed by atoms with van der Waals surface area (Å²) in [4.78, 5) is 0.0912. The molecule has 1 heterocycles. The van der Waals surface area contributed by atoms with Crippen molar-refractivity contribution in [3.63, 3.8) is 0 Å². The molecule has 2 aromatic carbocycles. The zero-order valence-corrected chi connectivity index (χ0v) is 15.5. The highest BCUT2D eigenvalue weighted by atomic mass is 32.2. The number of halogens is 2. The molecule has 0 amide bonds. The van der Waals surface area contributed by atoms with Crippen LogP contribution < -0.4 is 4.80 Å². The molecule has 0 aliphatic carbocycles. The Bertz CT molecular complexity index is 1090. The van der Waals surface area contributed by atoms with E-state index in [-0.39, 0.29) is 9.70 Å². The quantitative estimate of drug-likeness (QED) is 0.599. The number of thiazole rings is 1. The Morgan fingerprint density at radius 3 is 2.50 bits per heavy atom. The van der Waals surface area contributed by atoms with Crippen LogP contribution in [0.1, 0.15) is 6.92 Å². The van der Waals surface area contributed by atoms with E-state index in [2.05, 4.69) is 4.40 Å². The number of sulfonamides is 1. The lowest BCUT2D eigenvalue weighted by molar-refractivity contribution is 0.139. The minimum Gasteiger partial charge on any atom is -0.380 e. The van der Waals surface area contributed by atoms with E-state index in [1.165, 1.54) is 12.1 Å². The first kappa shape index (κ1) is 18.7. The van der Waals surface area contributed by atoms with Crippen molar-refractivity contribution in [1.82, 2.24) is 4.57 Å². The maximum Gasteiger partial charge on any atom is 0.285 e. The molecule has 9 heteroatoms. The molecule has 0 unspecified atom stereocenters. The van der Waals surface area contributed by atoms with E-state index < -0.39 is 21.7 Å². The molecule has 0 radical (unpaired) electrons. The summed E-state index contributed by atoms with van der Waals surface area (Å²) in [5.74, 6) is -0.947. The van der Waals surface area contributed by atoms with Crippen LogP contribution in [0.4, 0.5) is 8.78 Å². The molecule has 0 saturated carbocycles. The number of nitrogens with zero attached hydrogens (tertiary/aromatic N) is 2. The number of ether oxygens (including phenoxy) is 1. The lowest BCUT2D eigenvalue weighted by Gasteiger charge is -2.05. The highest BCUT2D eigenvalue weighted by molar-refractivity contribution is 7.90. The molecule has 26 heavy (non-hydrogen) atoms. The van der Waals surface area contributed by atoms with Crippen LogP contribution in [-0.2, 0) is 21.3 Å². The first-order valence-corrected chi connectivity index (χ1v) is 10.1. The summed E-state index contributed by atoms with van der Waals surface area (Å²) in [5, 5.41) is 0. The number of rotatable bonds is 6. The van der Waals surface area contributed by atoms with Crippen molar-refractivity contribution >= 4 is 31.6 Å².